The highest BCUT2D eigenvalue weighted by Gasteiger charge is 2.36. The van der Waals surface area contributed by atoms with E-state index < -0.39 is 11.5 Å². The molecule has 2 nitrogen and oxygen atoms in total. The summed E-state index contributed by atoms with van der Waals surface area (Å²) in [7, 11) is 0. The minimum Gasteiger partial charge on any atom is -0.391 e. The van der Waals surface area contributed by atoms with E-state index in [4.69, 9.17) is 0 Å². The molecule has 1 aliphatic carbocycles. The monoisotopic (exact) mass is 195 g/mol. The fourth-order valence-electron chi connectivity index (χ4n) is 2.45. The lowest BCUT2D eigenvalue weighted by molar-refractivity contribution is 0.0417. The van der Waals surface area contributed by atoms with Crippen LogP contribution in [0.4, 0.5) is 0 Å². The third kappa shape index (κ3) is 2.48. The zero-order valence-corrected chi connectivity index (χ0v) is 9.13. The number of aliphatic hydroxyl groups is 1. The number of nitrogens with zero attached hydrogens (tertiary/aromatic N) is 1. The molecule has 1 saturated carbocycles. The Hall–Kier alpha value is -0.550. The van der Waals surface area contributed by atoms with Gasteiger partial charge in [-0.1, -0.05) is 39.0 Å². The Morgan fingerprint density at radius 3 is 2.14 bits per heavy atom. The fourth-order valence-corrected chi connectivity index (χ4v) is 2.45. The van der Waals surface area contributed by atoms with Crippen LogP contribution < -0.4 is 0 Å². The van der Waals surface area contributed by atoms with Crippen molar-refractivity contribution in [2.24, 2.45) is 5.41 Å². The molecule has 1 N–H and O–H groups in total. The van der Waals surface area contributed by atoms with Gasteiger partial charge in [-0.25, -0.2) is 0 Å². The van der Waals surface area contributed by atoms with E-state index in [1.165, 1.54) is 19.3 Å². The zero-order chi connectivity index (χ0) is 10.4. The van der Waals surface area contributed by atoms with Gasteiger partial charge in [0.15, 0.2) is 0 Å². The molecule has 0 saturated heterocycles. The molecule has 1 unspecified atom stereocenters. The first-order chi connectivity index (χ1) is 6.75. The van der Waals surface area contributed by atoms with E-state index in [2.05, 4.69) is 6.07 Å². The van der Waals surface area contributed by atoms with Crippen molar-refractivity contribution in [1.29, 1.82) is 5.26 Å². The molecular weight excluding hydrogens is 174 g/mol. The van der Waals surface area contributed by atoms with E-state index in [0.29, 0.717) is 6.42 Å². The number of hydrogen-bond donors (Lipinski definition) is 1. The molecule has 0 aromatic rings. The molecule has 0 amide bonds. The van der Waals surface area contributed by atoms with Crippen molar-refractivity contribution in [1.82, 2.24) is 0 Å². The van der Waals surface area contributed by atoms with Crippen LogP contribution in [0.15, 0.2) is 0 Å². The average Bonchev–Trinajstić information content (AvgIpc) is 2.18. The molecule has 14 heavy (non-hydrogen) atoms. The highest BCUT2D eigenvalue weighted by Crippen LogP contribution is 2.37. The van der Waals surface area contributed by atoms with E-state index in [0.717, 1.165) is 25.7 Å². The topological polar surface area (TPSA) is 44.0 Å². The normalized spacial score (nSPS) is 24.4. The van der Waals surface area contributed by atoms with Gasteiger partial charge in [-0.3, -0.25) is 0 Å². The minimum atomic E-state index is -0.435. The molecule has 0 aromatic heterocycles. The lowest BCUT2D eigenvalue weighted by atomic mass is 9.72. The van der Waals surface area contributed by atoms with Crippen LogP contribution in [0.2, 0.25) is 0 Å². The Kier molecular flexibility index (Phi) is 4.41. The van der Waals surface area contributed by atoms with E-state index in [1.807, 2.05) is 6.92 Å². The maximum Gasteiger partial charge on any atom is 0.0832 e. The number of rotatable bonds is 2. The molecule has 1 atom stereocenters. The fraction of sp³-hybridized carbons (Fsp3) is 0.917. The van der Waals surface area contributed by atoms with Crippen molar-refractivity contribution in [3.63, 3.8) is 0 Å². The van der Waals surface area contributed by atoms with Gasteiger partial charge in [-0.15, -0.1) is 0 Å². The largest absolute Gasteiger partial charge is 0.391 e. The van der Waals surface area contributed by atoms with Crippen LogP contribution in [0.25, 0.3) is 0 Å². The number of nitriles is 1. The molecule has 0 bridgehead atoms. The van der Waals surface area contributed by atoms with Gasteiger partial charge >= 0.3 is 0 Å². The quantitative estimate of drug-likeness (QED) is 0.736. The van der Waals surface area contributed by atoms with E-state index in [9.17, 15) is 10.4 Å². The minimum absolute atomic E-state index is 0.425. The predicted octanol–water partition coefficient (Wildman–Crippen LogP) is 3.01. The Morgan fingerprint density at radius 1 is 1.21 bits per heavy atom. The SMILES string of the molecule is CCC(O)C1(C#N)CCCCCCC1. The van der Waals surface area contributed by atoms with Crippen LogP contribution in [0, 0.1) is 16.7 Å². The van der Waals surface area contributed by atoms with E-state index in [1.54, 1.807) is 0 Å². The molecule has 0 aliphatic heterocycles. The third-order valence-electron chi connectivity index (χ3n) is 3.49. The summed E-state index contributed by atoms with van der Waals surface area (Å²) in [5.41, 5.74) is -0.435. The molecule has 2 heteroatoms. The van der Waals surface area contributed by atoms with Crippen LogP contribution in [0.1, 0.15) is 58.3 Å². The lowest BCUT2D eigenvalue weighted by Crippen LogP contribution is -2.34. The maximum atomic E-state index is 9.93. The molecule has 1 fully saturated rings. The Bertz CT molecular complexity index is 199. The van der Waals surface area contributed by atoms with Gasteiger partial charge in [-0.05, 0) is 19.3 Å². The van der Waals surface area contributed by atoms with Gasteiger partial charge < -0.3 is 5.11 Å². The van der Waals surface area contributed by atoms with Gasteiger partial charge in [0.25, 0.3) is 0 Å². The first-order valence-corrected chi connectivity index (χ1v) is 5.84. The Morgan fingerprint density at radius 2 is 1.71 bits per heavy atom. The smallest absolute Gasteiger partial charge is 0.0832 e. The average molecular weight is 195 g/mol. The van der Waals surface area contributed by atoms with Crippen LogP contribution in [0.5, 0.6) is 0 Å². The van der Waals surface area contributed by atoms with Crippen molar-refractivity contribution in [2.75, 3.05) is 0 Å². The molecule has 0 radical (unpaired) electrons. The second-order valence-electron chi connectivity index (χ2n) is 4.46. The molecule has 1 aliphatic rings. The molecule has 0 spiro atoms. The van der Waals surface area contributed by atoms with E-state index >= 15 is 0 Å². The first-order valence-electron chi connectivity index (χ1n) is 5.84. The summed E-state index contributed by atoms with van der Waals surface area (Å²) < 4.78 is 0. The van der Waals surface area contributed by atoms with Gasteiger partial charge in [-0.2, -0.15) is 5.26 Å². The van der Waals surface area contributed by atoms with Crippen LogP contribution in [0.3, 0.4) is 0 Å². The third-order valence-corrected chi connectivity index (χ3v) is 3.49. The predicted molar refractivity (Wildman–Crippen MR) is 56.7 cm³/mol. The van der Waals surface area contributed by atoms with Gasteiger partial charge in [0.2, 0.25) is 0 Å². The van der Waals surface area contributed by atoms with Crippen molar-refractivity contribution >= 4 is 0 Å². The summed E-state index contributed by atoms with van der Waals surface area (Å²) in [5.74, 6) is 0. The number of hydrogen-bond acceptors (Lipinski definition) is 2. The lowest BCUT2D eigenvalue weighted by Gasteiger charge is -2.32. The summed E-state index contributed by atoms with van der Waals surface area (Å²) >= 11 is 0. The van der Waals surface area contributed by atoms with Crippen molar-refractivity contribution in [3.8, 4) is 6.07 Å². The van der Waals surface area contributed by atoms with Gasteiger partial charge in [0.05, 0.1) is 17.6 Å². The van der Waals surface area contributed by atoms with Crippen LogP contribution in [-0.2, 0) is 0 Å². The molecule has 0 aromatic carbocycles. The van der Waals surface area contributed by atoms with Gasteiger partial charge in [0, 0.05) is 0 Å². The maximum absolute atomic E-state index is 9.93. The van der Waals surface area contributed by atoms with Crippen molar-refractivity contribution < 1.29 is 5.11 Å². The Labute approximate surface area is 86.9 Å². The standard InChI is InChI=1S/C12H21NO/c1-2-11(14)12(10-13)8-6-4-3-5-7-9-12/h11,14H,2-9H2,1H3. The molecule has 0 heterocycles. The molecule has 80 valence electrons. The summed E-state index contributed by atoms with van der Waals surface area (Å²) in [6.07, 6.45) is 7.99. The summed E-state index contributed by atoms with van der Waals surface area (Å²) in [4.78, 5) is 0. The highest BCUT2D eigenvalue weighted by atomic mass is 16.3. The summed E-state index contributed by atoms with van der Waals surface area (Å²) in [6, 6.07) is 2.39. The summed E-state index contributed by atoms with van der Waals surface area (Å²) in [6.45, 7) is 1.96. The molecular formula is C12H21NO. The van der Waals surface area contributed by atoms with Crippen molar-refractivity contribution in [2.45, 2.75) is 64.4 Å². The second kappa shape index (κ2) is 5.36. The van der Waals surface area contributed by atoms with Crippen LogP contribution in [-0.4, -0.2) is 11.2 Å². The van der Waals surface area contributed by atoms with Crippen molar-refractivity contribution in [3.05, 3.63) is 0 Å². The van der Waals surface area contributed by atoms with Crippen LogP contribution >= 0.6 is 0 Å². The van der Waals surface area contributed by atoms with Gasteiger partial charge in [0.1, 0.15) is 0 Å². The Balaban J connectivity index is 2.68. The first kappa shape index (κ1) is 11.5. The summed E-state index contributed by atoms with van der Waals surface area (Å²) in [5, 5.41) is 19.2. The zero-order valence-electron chi connectivity index (χ0n) is 9.13. The second-order valence-corrected chi connectivity index (χ2v) is 4.46. The molecule has 1 rings (SSSR count). The highest BCUT2D eigenvalue weighted by molar-refractivity contribution is 5.03. The number of aliphatic hydroxyl groups excluding tert-OH is 1. The van der Waals surface area contributed by atoms with E-state index in [-0.39, 0.29) is 0 Å².